The number of halogens is 2. The Morgan fingerprint density at radius 3 is 2.75 bits per heavy atom. The van der Waals surface area contributed by atoms with E-state index in [0.29, 0.717) is 5.65 Å². The summed E-state index contributed by atoms with van der Waals surface area (Å²) in [4.78, 5) is 4.16. The Morgan fingerprint density at radius 2 is 2.00 bits per heavy atom. The van der Waals surface area contributed by atoms with E-state index in [-0.39, 0.29) is 0 Å². The predicted molar refractivity (Wildman–Crippen MR) is 58.7 cm³/mol. The van der Waals surface area contributed by atoms with Crippen molar-refractivity contribution >= 4 is 50.8 Å². The highest BCUT2D eigenvalue weighted by molar-refractivity contribution is 14.1. The van der Waals surface area contributed by atoms with Crippen LogP contribution in [0.15, 0.2) is 0 Å². The second-order valence-electron chi connectivity index (χ2n) is 2.15. The molecule has 7 heteroatoms. The summed E-state index contributed by atoms with van der Waals surface area (Å²) in [5, 5.41) is 12.0. The molecule has 2 aromatic rings. The van der Waals surface area contributed by atoms with Gasteiger partial charge in [0.1, 0.15) is 9.53 Å². The van der Waals surface area contributed by atoms with Gasteiger partial charge in [0, 0.05) is 22.6 Å². The Balaban J connectivity index is 2.92. The minimum Gasteiger partial charge on any atom is -0.221 e. The summed E-state index contributed by atoms with van der Waals surface area (Å²) in [7, 11) is 0. The van der Waals surface area contributed by atoms with Crippen molar-refractivity contribution in [3.05, 3.63) is 13.4 Å². The standard InChI is InChI=1S/C5H3I2N5/c1-2-8-3(6)4-9-10-5(7)12(4)11-2/h1H3. The van der Waals surface area contributed by atoms with Gasteiger partial charge in [0.25, 0.3) is 0 Å². The summed E-state index contributed by atoms with van der Waals surface area (Å²) in [5.74, 6) is 0.726. The summed E-state index contributed by atoms with van der Waals surface area (Å²) in [6.07, 6.45) is 0. The van der Waals surface area contributed by atoms with Crippen LogP contribution in [-0.4, -0.2) is 24.8 Å². The molecule has 0 amide bonds. The Hall–Kier alpha value is -0.0600. The van der Waals surface area contributed by atoms with Gasteiger partial charge in [-0.15, -0.1) is 15.3 Å². The van der Waals surface area contributed by atoms with Gasteiger partial charge in [0.05, 0.1) is 0 Å². The fourth-order valence-corrected chi connectivity index (χ4v) is 1.97. The Labute approximate surface area is 95.3 Å². The van der Waals surface area contributed by atoms with Crippen LogP contribution in [0.5, 0.6) is 0 Å². The monoisotopic (exact) mass is 387 g/mol. The van der Waals surface area contributed by atoms with E-state index in [0.717, 1.165) is 13.4 Å². The minimum absolute atomic E-state index is 0.714. The smallest absolute Gasteiger partial charge is 0.215 e. The lowest BCUT2D eigenvalue weighted by Gasteiger charge is -1.95. The molecular weight excluding hydrogens is 384 g/mol. The topological polar surface area (TPSA) is 56.0 Å². The molecule has 0 spiro atoms. The van der Waals surface area contributed by atoms with E-state index < -0.39 is 0 Å². The first-order chi connectivity index (χ1) is 5.68. The molecule has 0 saturated carbocycles. The van der Waals surface area contributed by atoms with E-state index in [9.17, 15) is 0 Å². The third-order valence-electron chi connectivity index (χ3n) is 1.29. The molecule has 2 aromatic heterocycles. The first kappa shape index (κ1) is 8.53. The number of rotatable bonds is 0. The molecule has 0 bridgehead atoms. The maximum Gasteiger partial charge on any atom is 0.215 e. The van der Waals surface area contributed by atoms with E-state index in [1.54, 1.807) is 4.52 Å². The summed E-state index contributed by atoms with van der Waals surface area (Å²) >= 11 is 4.20. The van der Waals surface area contributed by atoms with E-state index in [4.69, 9.17) is 0 Å². The molecule has 0 aliphatic rings. The second-order valence-corrected chi connectivity index (χ2v) is 4.14. The highest BCUT2D eigenvalue weighted by atomic mass is 127. The van der Waals surface area contributed by atoms with E-state index in [1.807, 2.05) is 6.92 Å². The molecule has 0 aliphatic carbocycles. The number of nitrogens with zero attached hydrogens (tertiary/aromatic N) is 5. The molecule has 0 radical (unpaired) electrons. The Bertz CT molecular complexity index is 437. The summed E-state index contributed by atoms with van der Waals surface area (Å²) < 4.78 is 3.27. The molecule has 62 valence electrons. The highest BCUT2D eigenvalue weighted by Gasteiger charge is 2.08. The largest absolute Gasteiger partial charge is 0.221 e. The minimum atomic E-state index is 0.714. The molecule has 0 atom stereocenters. The normalized spacial score (nSPS) is 10.9. The number of aryl methyl sites for hydroxylation is 1. The van der Waals surface area contributed by atoms with Crippen LogP contribution >= 0.6 is 45.2 Å². The molecule has 12 heavy (non-hydrogen) atoms. The van der Waals surface area contributed by atoms with Crippen molar-refractivity contribution in [2.45, 2.75) is 6.92 Å². The Morgan fingerprint density at radius 1 is 1.25 bits per heavy atom. The third-order valence-corrected chi connectivity index (χ3v) is 2.69. The first-order valence-corrected chi connectivity index (χ1v) is 5.25. The van der Waals surface area contributed by atoms with Gasteiger partial charge >= 0.3 is 0 Å². The van der Waals surface area contributed by atoms with Crippen molar-refractivity contribution in [3.8, 4) is 0 Å². The SMILES string of the molecule is Cc1nc(I)c2nnc(I)n2n1. The number of hydrogen-bond donors (Lipinski definition) is 0. The second kappa shape index (κ2) is 3.01. The van der Waals surface area contributed by atoms with Crippen LogP contribution < -0.4 is 0 Å². The lowest BCUT2D eigenvalue weighted by Crippen LogP contribution is -2.02. The van der Waals surface area contributed by atoms with Gasteiger partial charge < -0.3 is 0 Å². The van der Waals surface area contributed by atoms with Crippen molar-refractivity contribution in [2.75, 3.05) is 0 Å². The van der Waals surface area contributed by atoms with Gasteiger partial charge in [-0.1, -0.05) is 0 Å². The zero-order valence-corrected chi connectivity index (χ0v) is 10.3. The van der Waals surface area contributed by atoms with Crippen molar-refractivity contribution in [1.29, 1.82) is 0 Å². The Kier molecular flexibility index (Phi) is 2.14. The molecule has 2 heterocycles. The van der Waals surface area contributed by atoms with Crippen LogP contribution in [0.2, 0.25) is 0 Å². The van der Waals surface area contributed by atoms with Crippen LogP contribution in [0.4, 0.5) is 0 Å². The predicted octanol–water partition coefficient (Wildman–Crippen LogP) is 1.04. The van der Waals surface area contributed by atoms with Gasteiger partial charge in [-0.3, -0.25) is 0 Å². The van der Waals surface area contributed by atoms with Gasteiger partial charge in [-0.25, -0.2) is 4.98 Å². The lowest BCUT2D eigenvalue weighted by atomic mass is 10.7. The van der Waals surface area contributed by atoms with Gasteiger partial charge in [0.15, 0.2) is 0 Å². The maximum atomic E-state index is 4.16. The maximum absolute atomic E-state index is 4.16. The van der Waals surface area contributed by atoms with Crippen molar-refractivity contribution < 1.29 is 0 Å². The summed E-state index contributed by atoms with van der Waals surface area (Å²) in [6, 6.07) is 0. The zero-order valence-electron chi connectivity index (χ0n) is 5.99. The quantitative estimate of drug-likeness (QED) is 0.635. The molecule has 0 fully saturated rings. The first-order valence-electron chi connectivity index (χ1n) is 3.09. The average Bonchev–Trinajstić information content (AvgIpc) is 2.33. The molecular formula is C5H3I2N5. The summed E-state index contributed by atoms with van der Waals surface area (Å²) in [5.41, 5.74) is 0.714. The van der Waals surface area contributed by atoms with Crippen LogP contribution in [0, 0.1) is 14.5 Å². The van der Waals surface area contributed by atoms with Crippen LogP contribution in [-0.2, 0) is 0 Å². The third kappa shape index (κ3) is 1.28. The van der Waals surface area contributed by atoms with Gasteiger partial charge in [-0.2, -0.15) is 4.52 Å². The molecule has 2 rings (SSSR count). The fraction of sp³-hybridized carbons (Fsp3) is 0.200. The average molecular weight is 387 g/mol. The number of aromatic nitrogens is 5. The lowest BCUT2D eigenvalue weighted by molar-refractivity contribution is 0.820. The van der Waals surface area contributed by atoms with Crippen molar-refractivity contribution in [2.24, 2.45) is 0 Å². The zero-order chi connectivity index (χ0) is 8.72. The highest BCUT2D eigenvalue weighted by Crippen LogP contribution is 2.10. The molecule has 0 saturated heterocycles. The fourth-order valence-electron chi connectivity index (χ4n) is 0.837. The molecule has 0 N–H and O–H groups in total. The summed E-state index contributed by atoms with van der Waals surface area (Å²) in [6.45, 7) is 1.84. The van der Waals surface area contributed by atoms with Crippen molar-refractivity contribution in [1.82, 2.24) is 24.8 Å². The van der Waals surface area contributed by atoms with Gasteiger partial charge in [-0.05, 0) is 29.5 Å². The van der Waals surface area contributed by atoms with Crippen LogP contribution in [0.3, 0.4) is 0 Å². The molecule has 0 aliphatic heterocycles. The van der Waals surface area contributed by atoms with E-state index >= 15 is 0 Å². The van der Waals surface area contributed by atoms with Gasteiger partial charge in [0.2, 0.25) is 9.48 Å². The van der Waals surface area contributed by atoms with E-state index in [2.05, 4.69) is 65.5 Å². The van der Waals surface area contributed by atoms with Crippen molar-refractivity contribution in [3.63, 3.8) is 0 Å². The number of hydrogen-bond acceptors (Lipinski definition) is 4. The van der Waals surface area contributed by atoms with Crippen LogP contribution in [0.1, 0.15) is 5.82 Å². The molecule has 0 unspecified atom stereocenters. The number of fused-ring (bicyclic) bond motifs is 1. The molecule has 0 aromatic carbocycles. The van der Waals surface area contributed by atoms with E-state index in [1.165, 1.54) is 0 Å². The molecule has 5 nitrogen and oxygen atoms in total. The van der Waals surface area contributed by atoms with Crippen LogP contribution in [0.25, 0.3) is 5.65 Å².